The van der Waals surface area contributed by atoms with Crippen molar-refractivity contribution in [1.82, 2.24) is 9.97 Å². The molecule has 1 aromatic carbocycles. The lowest BCUT2D eigenvalue weighted by molar-refractivity contribution is -0.385. The van der Waals surface area contributed by atoms with Crippen LogP contribution in [0.2, 0.25) is 0 Å². The standard InChI is InChI=1S/C10H5BrFN3O3/c11-6-4-13-10(14-5-6)18-9-3-7(12)1-2-8(9)15(16)17/h1-5H. The molecule has 0 saturated heterocycles. The summed E-state index contributed by atoms with van der Waals surface area (Å²) in [5.41, 5.74) is -0.358. The monoisotopic (exact) mass is 313 g/mol. The predicted molar refractivity (Wildman–Crippen MR) is 62.9 cm³/mol. The molecular weight excluding hydrogens is 309 g/mol. The number of nitrogens with zero attached hydrogens (tertiary/aromatic N) is 3. The average molecular weight is 314 g/mol. The molecule has 0 saturated carbocycles. The minimum atomic E-state index is -0.673. The Balaban J connectivity index is 2.35. The van der Waals surface area contributed by atoms with Gasteiger partial charge in [-0.2, -0.15) is 0 Å². The van der Waals surface area contributed by atoms with Crippen LogP contribution in [0.25, 0.3) is 0 Å². The van der Waals surface area contributed by atoms with Gasteiger partial charge in [-0.3, -0.25) is 10.1 Å². The Morgan fingerprint density at radius 1 is 1.33 bits per heavy atom. The van der Waals surface area contributed by atoms with Gasteiger partial charge in [-0.1, -0.05) is 0 Å². The van der Waals surface area contributed by atoms with Gasteiger partial charge >= 0.3 is 11.7 Å². The number of nitro groups is 1. The highest BCUT2D eigenvalue weighted by Crippen LogP contribution is 2.30. The molecule has 92 valence electrons. The molecule has 0 N–H and O–H groups in total. The van der Waals surface area contributed by atoms with Crippen LogP contribution >= 0.6 is 15.9 Å². The maximum atomic E-state index is 13.0. The van der Waals surface area contributed by atoms with Gasteiger partial charge in [0.15, 0.2) is 0 Å². The van der Waals surface area contributed by atoms with Crippen molar-refractivity contribution in [3.05, 3.63) is 51.0 Å². The summed E-state index contributed by atoms with van der Waals surface area (Å²) in [4.78, 5) is 17.6. The topological polar surface area (TPSA) is 78.2 Å². The van der Waals surface area contributed by atoms with Crippen LogP contribution in [0.5, 0.6) is 11.8 Å². The first-order chi connectivity index (χ1) is 8.56. The second-order valence-electron chi connectivity index (χ2n) is 3.16. The van der Waals surface area contributed by atoms with E-state index in [1.165, 1.54) is 12.4 Å². The van der Waals surface area contributed by atoms with Gasteiger partial charge in [-0.25, -0.2) is 14.4 Å². The molecule has 0 fully saturated rings. The van der Waals surface area contributed by atoms with E-state index in [2.05, 4.69) is 25.9 Å². The highest BCUT2D eigenvalue weighted by Gasteiger charge is 2.17. The zero-order valence-electron chi connectivity index (χ0n) is 8.71. The summed E-state index contributed by atoms with van der Waals surface area (Å²) in [6.07, 6.45) is 2.82. The van der Waals surface area contributed by atoms with Crippen LogP contribution < -0.4 is 4.74 Å². The fourth-order valence-electron chi connectivity index (χ4n) is 1.17. The SMILES string of the molecule is O=[N+]([O-])c1ccc(F)cc1Oc1ncc(Br)cn1. The summed E-state index contributed by atoms with van der Waals surface area (Å²) in [5.74, 6) is -0.893. The average Bonchev–Trinajstić information content (AvgIpc) is 2.32. The van der Waals surface area contributed by atoms with Gasteiger partial charge in [-0.15, -0.1) is 0 Å². The summed E-state index contributed by atoms with van der Waals surface area (Å²) in [7, 11) is 0. The Hall–Kier alpha value is -2.09. The van der Waals surface area contributed by atoms with Crippen LogP contribution in [0.3, 0.4) is 0 Å². The number of hydrogen-bond acceptors (Lipinski definition) is 5. The first-order valence-corrected chi connectivity index (χ1v) is 5.45. The van der Waals surface area contributed by atoms with Gasteiger partial charge in [0.1, 0.15) is 5.82 Å². The van der Waals surface area contributed by atoms with E-state index >= 15 is 0 Å². The van der Waals surface area contributed by atoms with E-state index in [0.29, 0.717) is 4.47 Å². The van der Waals surface area contributed by atoms with Crippen molar-refractivity contribution in [2.75, 3.05) is 0 Å². The Bertz CT molecular complexity index is 591. The van der Waals surface area contributed by atoms with Crippen molar-refractivity contribution in [3.8, 4) is 11.8 Å². The van der Waals surface area contributed by atoms with E-state index in [-0.39, 0.29) is 17.4 Å². The highest BCUT2D eigenvalue weighted by molar-refractivity contribution is 9.10. The summed E-state index contributed by atoms with van der Waals surface area (Å²) < 4.78 is 18.7. The minimum absolute atomic E-state index is 0.105. The van der Waals surface area contributed by atoms with Gasteiger partial charge < -0.3 is 4.74 Å². The highest BCUT2D eigenvalue weighted by atomic mass is 79.9. The second kappa shape index (κ2) is 5.05. The molecule has 2 aromatic rings. The van der Waals surface area contributed by atoms with Crippen LogP contribution in [-0.2, 0) is 0 Å². The van der Waals surface area contributed by atoms with Crippen molar-refractivity contribution in [2.24, 2.45) is 0 Å². The number of aromatic nitrogens is 2. The summed E-state index contributed by atoms with van der Waals surface area (Å²) in [6, 6.07) is 2.80. The van der Waals surface area contributed by atoms with Crippen LogP contribution in [0.1, 0.15) is 0 Å². The van der Waals surface area contributed by atoms with Crippen molar-refractivity contribution >= 4 is 21.6 Å². The molecular formula is C10H5BrFN3O3. The smallest absolute Gasteiger partial charge is 0.322 e. The van der Waals surface area contributed by atoms with Gasteiger partial charge in [0, 0.05) is 24.5 Å². The molecule has 0 aliphatic rings. The second-order valence-corrected chi connectivity index (χ2v) is 4.07. The van der Waals surface area contributed by atoms with Crippen molar-refractivity contribution in [2.45, 2.75) is 0 Å². The molecule has 0 atom stereocenters. The Kier molecular flexibility index (Phi) is 3.47. The zero-order chi connectivity index (χ0) is 13.1. The molecule has 6 nitrogen and oxygen atoms in total. The fraction of sp³-hybridized carbons (Fsp3) is 0. The van der Waals surface area contributed by atoms with Gasteiger partial charge in [0.05, 0.1) is 9.40 Å². The first-order valence-electron chi connectivity index (χ1n) is 4.65. The fourth-order valence-corrected chi connectivity index (χ4v) is 1.38. The van der Waals surface area contributed by atoms with E-state index in [9.17, 15) is 14.5 Å². The molecule has 0 aliphatic heterocycles. The summed E-state index contributed by atoms with van der Waals surface area (Å²) in [5, 5.41) is 10.7. The summed E-state index contributed by atoms with van der Waals surface area (Å²) in [6.45, 7) is 0. The van der Waals surface area contributed by atoms with E-state index in [0.717, 1.165) is 18.2 Å². The lowest BCUT2D eigenvalue weighted by Crippen LogP contribution is -1.96. The molecule has 18 heavy (non-hydrogen) atoms. The number of ether oxygens (including phenoxy) is 1. The van der Waals surface area contributed by atoms with Crippen molar-refractivity contribution < 1.29 is 14.1 Å². The molecule has 0 radical (unpaired) electrons. The number of rotatable bonds is 3. The molecule has 1 heterocycles. The first kappa shape index (κ1) is 12.4. The quantitative estimate of drug-likeness (QED) is 0.642. The molecule has 0 unspecified atom stereocenters. The number of benzene rings is 1. The van der Waals surface area contributed by atoms with Gasteiger partial charge in [0.2, 0.25) is 5.75 Å². The number of nitro benzene ring substituents is 1. The normalized spacial score (nSPS) is 10.1. The molecule has 1 aromatic heterocycles. The van der Waals surface area contributed by atoms with Crippen molar-refractivity contribution in [3.63, 3.8) is 0 Å². The predicted octanol–water partition coefficient (Wildman–Crippen LogP) is 3.08. The molecule has 0 bridgehead atoms. The Morgan fingerprint density at radius 2 is 2.00 bits per heavy atom. The van der Waals surface area contributed by atoms with Gasteiger partial charge in [-0.05, 0) is 22.0 Å². The van der Waals surface area contributed by atoms with Gasteiger partial charge in [0.25, 0.3) is 0 Å². The van der Waals surface area contributed by atoms with Crippen LogP contribution in [0.4, 0.5) is 10.1 Å². The molecule has 0 amide bonds. The number of hydrogen-bond donors (Lipinski definition) is 0. The maximum Gasteiger partial charge on any atom is 0.322 e. The zero-order valence-corrected chi connectivity index (χ0v) is 10.3. The lowest BCUT2D eigenvalue weighted by atomic mass is 10.3. The van der Waals surface area contributed by atoms with E-state index in [1.807, 2.05) is 0 Å². The molecule has 0 spiro atoms. The third-order valence-corrected chi connectivity index (χ3v) is 2.33. The number of halogens is 2. The lowest BCUT2D eigenvalue weighted by Gasteiger charge is -2.04. The van der Waals surface area contributed by atoms with E-state index in [1.54, 1.807) is 0 Å². The van der Waals surface area contributed by atoms with Crippen LogP contribution in [0, 0.1) is 15.9 Å². The van der Waals surface area contributed by atoms with Crippen LogP contribution in [0.15, 0.2) is 35.1 Å². The third-order valence-electron chi connectivity index (χ3n) is 1.92. The van der Waals surface area contributed by atoms with E-state index < -0.39 is 10.7 Å². The minimum Gasteiger partial charge on any atom is -0.417 e. The Labute approximate surface area is 109 Å². The summed E-state index contributed by atoms with van der Waals surface area (Å²) >= 11 is 3.13. The molecule has 2 rings (SSSR count). The largest absolute Gasteiger partial charge is 0.417 e. The molecule has 8 heteroatoms. The molecule has 0 aliphatic carbocycles. The van der Waals surface area contributed by atoms with Crippen molar-refractivity contribution in [1.29, 1.82) is 0 Å². The van der Waals surface area contributed by atoms with Crippen LogP contribution in [-0.4, -0.2) is 14.9 Å². The maximum absolute atomic E-state index is 13.0. The Morgan fingerprint density at radius 3 is 2.61 bits per heavy atom. The third kappa shape index (κ3) is 2.77. The van der Waals surface area contributed by atoms with E-state index in [4.69, 9.17) is 4.74 Å².